The summed E-state index contributed by atoms with van der Waals surface area (Å²) in [6, 6.07) is 3.27. The third-order valence-electron chi connectivity index (χ3n) is 3.54. The maximum absolute atomic E-state index is 12.2. The standard InChI is InChI=1S/C15H20N2O6S/c1-3-23-15(20)9-4-10(6-12(5-9)24(2,21)22)17-14(19)13-7-11(18)8-16-13/h4-6,11,13,16,18H,3,7-8H2,1-2H3,(H,17,19). The number of ether oxygens (including phenoxy) is 1. The SMILES string of the molecule is CCOC(=O)c1cc(NC(=O)C2CC(O)CN2)cc(S(C)(=O)=O)c1. The van der Waals surface area contributed by atoms with E-state index in [1.807, 2.05) is 0 Å². The smallest absolute Gasteiger partial charge is 0.338 e. The van der Waals surface area contributed by atoms with Gasteiger partial charge in [-0.05, 0) is 31.5 Å². The molecule has 1 aliphatic rings. The van der Waals surface area contributed by atoms with Gasteiger partial charge >= 0.3 is 5.97 Å². The molecule has 2 atom stereocenters. The largest absolute Gasteiger partial charge is 0.462 e. The second kappa shape index (κ2) is 7.29. The van der Waals surface area contributed by atoms with Crippen molar-refractivity contribution >= 4 is 27.4 Å². The topological polar surface area (TPSA) is 122 Å². The lowest BCUT2D eigenvalue weighted by Gasteiger charge is -2.13. The van der Waals surface area contributed by atoms with E-state index in [2.05, 4.69) is 10.6 Å². The summed E-state index contributed by atoms with van der Waals surface area (Å²) in [4.78, 5) is 24.0. The van der Waals surface area contributed by atoms with Crippen LogP contribution in [0.2, 0.25) is 0 Å². The van der Waals surface area contributed by atoms with Crippen LogP contribution in [0.15, 0.2) is 23.1 Å². The van der Waals surface area contributed by atoms with Gasteiger partial charge < -0.3 is 20.5 Å². The summed E-state index contributed by atoms with van der Waals surface area (Å²) >= 11 is 0. The summed E-state index contributed by atoms with van der Waals surface area (Å²) in [5.74, 6) is -1.08. The number of carbonyl (C=O) groups excluding carboxylic acids is 2. The van der Waals surface area contributed by atoms with Crippen molar-refractivity contribution in [3.8, 4) is 0 Å². The molecule has 1 fully saturated rings. The number of aliphatic hydroxyl groups excluding tert-OH is 1. The Balaban J connectivity index is 2.29. The minimum atomic E-state index is -3.57. The van der Waals surface area contributed by atoms with E-state index in [1.165, 1.54) is 18.2 Å². The first-order valence-corrected chi connectivity index (χ1v) is 9.34. The van der Waals surface area contributed by atoms with Gasteiger partial charge in [0.15, 0.2) is 9.84 Å². The van der Waals surface area contributed by atoms with E-state index in [0.717, 1.165) is 6.26 Å². The highest BCUT2D eigenvalue weighted by molar-refractivity contribution is 7.90. The van der Waals surface area contributed by atoms with Gasteiger partial charge in [0.1, 0.15) is 0 Å². The number of amides is 1. The van der Waals surface area contributed by atoms with E-state index in [1.54, 1.807) is 6.92 Å². The number of hydrogen-bond acceptors (Lipinski definition) is 7. The Morgan fingerprint density at radius 3 is 2.62 bits per heavy atom. The summed E-state index contributed by atoms with van der Waals surface area (Å²) in [7, 11) is -3.57. The van der Waals surface area contributed by atoms with E-state index in [-0.39, 0.29) is 29.2 Å². The fourth-order valence-electron chi connectivity index (χ4n) is 2.36. The molecule has 0 aromatic heterocycles. The Morgan fingerprint density at radius 2 is 2.08 bits per heavy atom. The quantitative estimate of drug-likeness (QED) is 0.631. The van der Waals surface area contributed by atoms with Crippen LogP contribution >= 0.6 is 0 Å². The zero-order chi connectivity index (χ0) is 17.9. The summed E-state index contributed by atoms with van der Waals surface area (Å²) in [6.07, 6.45) is 0.679. The number of anilines is 1. The first kappa shape index (κ1) is 18.4. The average Bonchev–Trinajstić information content (AvgIpc) is 2.93. The van der Waals surface area contributed by atoms with Crippen LogP contribution in [0, 0.1) is 0 Å². The van der Waals surface area contributed by atoms with E-state index in [0.29, 0.717) is 6.54 Å². The van der Waals surface area contributed by atoms with Crippen molar-refractivity contribution in [2.75, 3.05) is 24.7 Å². The van der Waals surface area contributed by atoms with E-state index >= 15 is 0 Å². The molecule has 24 heavy (non-hydrogen) atoms. The molecule has 0 spiro atoms. The van der Waals surface area contributed by atoms with Crippen molar-refractivity contribution in [3.05, 3.63) is 23.8 Å². The minimum Gasteiger partial charge on any atom is -0.462 e. The second-order valence-corrected chi connectivity index (χ2v) is 7.59. The van der Waals surface area contributed by atoms with Gasteiger partial charge in [-0.15, -0.1) is 0 Å². The van der Waals surface area contributed by atoms with Gasteiger partial charge in [-0.3, -0.25) is 4.79 Å². The van der Waals surface area contributed by atoms with Crippen molar-refractivity contribution in [1.82, 2.24) is 5.32 Å². The zero-order valence-corrected chi connectivity index (χ0v) is 14.2. The Labute approximate surface area is 140 Å². The molecular weight excluding hydrogens is 336 g/mol. The Bertz CT molecular complexity index is 746. The molecule has 9 heteroatoms. The van der Waals surface area contributed by atoms with Gasteiger partial charge in [-0.25, -0.2) is 13.2 Å². The molecule has 1 heterocycles. The lowest BCUT2D eigenvalue weighted by molar-refractivity contribution is -0.117. The van der Waals surface area contributed by atoms with Gasteiger partial charge in [0.25, 0.3) is 0 Å². The normalized spacial score (nSPS) is 20.6. The lowest BCUT2D eigenvalue weighted by atomic mass is 10.1. The summed E-state index contributed by atoms with van der Waals surface area (Å²) in [5, 5.41) is 14.9. The third-order valence-corrected chi connectivity index (χ3v) is 4.63. The second-order valence-electron chi connectivity index (χ2n) is 5.58. The van der Waals surface area contributed by atoms with Crippen LogP contribution in [0.1, 0.15) is 23.7 Å². The molecule has 2 rings (SSSR count). The Morgan fingerprint density at radius 1 is 1.38 bits per heavy atom. The van der Waals surface area contributed by atoms with Gasteiger partial charge in [0, 0.05) is 18.5 Å². The molecule has 0 saturated carbocycles. The number of β-amino-alcohol motifs (C(OH)–C–C–N with tert-alkyl or cyclic N) is 1. The minimum absolute atomic E-state index is 0.0366. The summed E-state index contributed by atoms with van der Waals surface area (Å²) < 4.78 is 28.5. The van der Waals surface area contributed by atoms with E-state index in [9.17, 15) is 23.1 Å². The van der Waals surface area contributed by atoms with Gasteiger partial charge in [0.05, 0.1) is 29.2 Å². The lowest BCUT2D eigenvalue weighted by Crippen LogP contribution is -2.35. The van der Waals surface area contributed by atoms with Crippen LogP contribution in [0.3, 0.4) is 0 Å². The summed E-state index contributed by atoms with van der Waals surface area (Å²) in [5.41, 5.74) is 0.212. The average molecular weight is 356 g/mol. The van der Waals surface area contributed by atoms with E-state index in [4.69, 9.17) is 4.74 Å². The van der Waals surface area contributed by atoms with Gasteiger partial charge in [0.2, 0.25) is 5.91 Å². The van der Waals surface area contributed by atoms with Crippen molar-refractivity contribution in [3.63, 3.8) is 0 Å². The molecule has 8 nitrogen and oxygen atoms in total. The number of sulfone groups is 1. The number of hydrogen-bond donors (Lipinski definition) is 3. The molecule has 0 bridgehead atoms. The predicted molar refractivity (Wildman–Crippen MR) is 86.6 cm³/mol. The molecule has 0 radical (unpaired) electrons. The molecule has 2 unspecified atom stereocenters. The maximum atomic E-state index is 12.2. The van der Waals surface area contributed by atoms with Gasteiger partial charge in [-0.2, -0.15) is 0 Å². The van der Waals surface area contributed by atoms with Crippen LogP contribution in [0.4, 0.5) is 5.69 Å². The maximum Gasteiger partial charge on any atom is 0.338 e. The molecule has 1 aromatic carbocycles. The molecule has 3 N–H and O–H groups in total. The van der Waals surface area contributed by atoms with Gasteiger partial charge in [-0.1, -0.05) is 0 Å². The fraction of sp³-hybridized carbons (Fsp3) is 0.467. The van der Waals surface area contributed by atoms with Crippen molar-refractivity contribution in [2.24, 2.45) is 0 Å². The number of carbonyl (C=O) groups is 2. The Kier molecular flexibility index (Phi) is 5.58. The van der Waals surface area contributed by atoms with Crippen molar-refractivity contribution in [2.45, 2.75) is 30.4 Å². The van der Waals surface area contributed by atoms with Crippen molar-refractivity contribution in [1.29, 1.82) is 0 Å². The molecule has 1 aromatic rings. The first-order chi connectivity index (χ1) is 11.2. The van der Waals surface area contributed by atoms with Crippen LogP contribution in [-0.2, 0) is 19.4 Å². The highest BCUT2D eigenvalue weighted by atomic mass is 32.2. The zero-order valence-electron chi connectivity index (χ0n) is 13.4. The van der Waals surface area contributed by atoms with Crippen molar-refractivity contribution < 1.29 is 27.9 Å². The summed E-state index contributed by atoms with van der Waals surface area (Å²) in [6.45, 7) is 2.10. The molecule has 1 amide bonds. The first-order valence-electron chi connectivity index (χ1n) is 7.45. The third kappa shape index (κ3) is 4.53. The monoisotopic (exact) mass is 356 g/mol. The molecule has 132 valence electrons. The highest BCUT2D eigenvalue weighted by Gasteiger charge is 2.28. The number of benzene rings is 1. The predicted octanol–water partition coefficient (Wildman–Crippen LogP) is -0.0719. The van der Waals surface area contributed by atoms with Crippen LogP contribution in [-0.4, -0.2) is 57.0 Å². The molecule has 1 saturated heterocycles. The Hall–Kier alpha value is -1.97. The van der Waals surface area contributed by atoms with E-state index < -0.39 is 33.9 Å². The molecule has 0 aliphatic carbocycles. The highest BCUT2D eigenvalue weighted by Crippen LogP contribution is 2.21. The van der Waals surface area contributed by atoms with Crippen LogP contribution in [0.25, 0.3) is 0 Å². The molecular formula is C15H20N2O6S. The number of nitrogens with one attached hydrogen (secondary N) is 2. The fourth-order valence-corrected chi connectivity index (χ4v) is 3.05. The number of rotatable bonds is 5. The number of esters is 1. The molecule has 1 aliphatic heterocycles. The number of aliphatic hydroxyl groups is 1. The van der Waals surface area contributed by atoms with Crippen LogP contribution in [0.5, 0.6) is 0 Å². The van der Waals surface area contributed by atoms with Crippen LogP contribution < -0.4 is 10.6 Å².